The molecule has 2 aromatic rings. The molecule has 2 aromatic heterocycles. The number of fused-ring (bicyclic) bond motifs is 1. The number of aliphatic imine (C=N–C) groups is 1. The lowest BCUT2D eigenvalue weighted by atomic mass is 9.79. The molecule has 2 aliphatic heterocycles. The number of aromatic nitrogens is 3. The predicted molar refractivity (Wildman–Crippen MR) is 109 cm³/mol. The van der Waals surface area contributed by atoms with Crippen LogP contribution in [0.3, 0.4) is 0 Å². The third-order valence-electron chi connectivity index (χ3n) is 5.16. The third-order valence-corrected chi connectivity index (χ3v) is 5.16. The van der Waals surface area contributed by atoms with Crippen molar-refractivity contribution >= 4 is 41.5 Å². The number of piperidine rings is 1. The molecule has 0 aliphatic carbocycles. The number of nitrogens with one attached hydrogen (secondary N) is 2. The summed E-state index contributed by atoms with van der Waals surface area (Å²) in [6, 6.07) is 5.85. The van der Waals surface area contributed by atoms with Crippen LogP contribution in [0.4, 0.5) is 0 Å². The second kappa shape index (κ2) is 7.77. The molecule has 8 nitrogen and oxygen atoms in total. The highest BCUT2D eigenvalue weighted by Crippen LogP contribution is 2.35. The molecule has 4 heterocycles. The van der Waals surface area contributed by atoms with Crippen molar-refractivity contribution in [1.29, 1.82) is 0 Å². The van der Waals surface area contributed by atoms with E-state index in [1.807, 2.05) is 28.8 Å². The molecular formula is C17H24IN7O. The van der Waals surface area contributed by atoms with E-state index in [-0.39, 0.29) is 35.3 Å². The van der Waals surface area contributed by atoms with Gasteiger partial charge in [0, 0.05) is 44.7 Å². The number of halogens is 1. The molecule has 1 amide bonds. The largest absolute Gasteiger partial charge is 0.355 e. The van der Waals surface area contributed by atoms with Crippen LogP contribution < -0.4 is 10.6 Å². The second-order valence-electron chi connectivity index (χ2n) is 6.92. The van der Waals surface area contributed by atoms with Gasteiger partial charge in [0.05, 0.1) is 6.54 Å². The molecule has 2 N–H and O–H groups in total. The van der Waals surface area contributed by atoms with E-state index in [0.717, 1.165) is 49.9 Å². The summed E-state index contributed by atoms with van der Waals surface area (Å²) >= 11 is 0. The number of hydrogen-bond donors (Lipinski definition) is 2. The van der Waals surface area contributed by atoms with E-state index >= 15 is 0 Å². The molecular weight excluding hydrogens is 445 g/mol. The molecule has 1 unspecified atom stereocenters. The van der Waals surface area contributed by atoms with Crippen molar-refractivity contribution in [2.75, 3.05) is 26.7 Å². The van der Waals surface area contributed by atoms with Crippen LogP contribution in [0.1, 0.15) is 25.1 Å². The van der Waals surface area contributed by atoms with E-state index in [9.17, 15) is 4.79 Å². The van der Waals surface area contributed by atoms with Crippen LogP contribution in [0, 0.1) is 5.41 Å². The van der Waals surface area contributed by atoms with E-state index in [4.69, 9.17) is 0 Å². The number of guanidine groups is 1. The summed E-state index contributed by atoms with van der Waals surface area (Å²) in [6.45, 7) is 3.13. The summed E-state index contributed by atoms with van der Waals surface area (Å²) in [5.41, 5.74) is 0.885. The molecule has 9 heteroatoms. The van der Waals surface area contributed by atoms with Crippen LogP contribution in [-0.4, -0.2) is 58.0 Å². The van der Waals surface area contributed by atoms with Crippen LogP contribution in [0.15, 0.2) is 29.4 Å². The molecule has 1 atom stereocenters. The maximum Gasteiger partial charge on any atom is 0.220 e. The Kier molecular flexibility index (Phi) is 5.64. The van der Waals surface area contributed by atoms with Crippen LogP contribution >= 0.6 is 24.0 Å². The number of carbonyl (C=O) groups is 1. The van der Waals surface area contributed by atoms with Gasteiger partial charge in [-0.2, -0.15) is 0 Å². The van der Waals surface area contributed by atoms with Crippen LogP contribution in [-0.2, 0) is 11.3 Å². The SMILES string of the molecule is CN=C(NCc1nnc2ccccn12)N1CCCC2(CNC(=O)C2)C1.I. The molecule has 4 rings (SSSR count). The summed E-state index contributed by atoms with van der Waals surface area (Å²) < 4.78 is 1.97. The van der Waals surface area contributed by atoms with Crippen molar-refractivity contribution < 1.29 is 4.79 Å². The first-order valence-electron chi connectivity index (χ1n) is 8.70. The average Bonchev–Trinajstić information content (AvgIpc) is 3.20. The van der Waals surface area contributed by atoms with Crippen molar-refractivity contribution in [3.8, 4) is 0 Å². The number of pyridine rings is 1. The minimum Gasteiger partial charge on any atom is -0.355 e. The van der Waals surface area contributed by atoms with Crippen molar-refractivity contribution in [2.45, 2.75) is 25.8 Å². The Morgan fingerprint density at radius 3 is 3.08 bits per heavy atom. The third kappa shape index (κ3) is 3.62. The first-order chi connectivity index (χ1) is 12.2. The molecule has 2 saturated heterocycles. The summed E-state index contributed by atoms with van der Waals surface area (Å²) in [5, 5.41) is 14.8. The Morgan fingerprint density at radius 1 is 1.42 bits per heavy atom. The van der Waals surface area contributed by atoms with Gasteiger partial charge in [-0.3, -0.25) is 14.2 Å². The Bertz CT molecular complexity index is 820. The van der Waals surface area contributed by atoms with Gasteiger partial charge in [0.15, 0.2) is 17.4 Å². The minimum atomic E-state index is 0. The first-order valence-corrected chi connectivity index (χ1v) is 8.70. The van der Waals surface area contributed by atoms with E-state index < -0.39 is 0 Å². The maximum absolute atomic E-state index is 11.7. The zero-order chi connectivity index (χ0) is 17.3. The Labute approximate surface area is 169 Å². The molecule has 0 bridgehead atoms. The molecule has 0 radical (unpaired) electrons. The Hall–Kier alpha value is -1.91. The normalized spacial score (nSPS) is 23.2. The monoisotopic (exact) mass is 469 g/mol. The summed E-state index contributed by atoms with van der Waals surface area (Å²) in [7, 11) is 1.80. The Balaban J connectivity index is 0.00000196. The number of amides is 1. The van der Waals surface area contributed by atoms with Crippen molar-refractivity contribution in [2.24, 2.45) is 10.4 Å². The summed E-state index contributed by atoms with van der Waals surface area (Å²) in [6.07, 6.45) is 4.74. The van der Waals surface area contributed by atoms with Gasteiger partial charge in [-0.05, 0) is 25.0 Å². The highest BCUT2D eigenvalue weighted by atomic mass is 127. The minimum absolute atomic E-state index is 0. The number of hydrogen-bond acceptors (Lipinski definition) is 4. The highest BCUT2D eigenvalue weighted by Gasteiger charge is 2.42. The fourth-order valence-corrected chi connectivity index (χ4v) is 3.93. The molecule has 26 heavy (non-hydrogen) atoms. The average molecular weight is 469 g/mol. The fraction of sp³-hybridized carbons (Fsp3) is 0.529. The molecule has 1 spiro atoms. The number of nitrogens with zero attached hydrogens (tertiary/aromatic N) is 5. The number of carbonyl (C=O) groups excluding carboxylic acids is 1. The quantitative estimate of drug-likeness (QED) is 0.390. The predicted octanol–water partition coefficient (Wildman–Crippen LogP) is 1.02. The van der Waals surface area contributed by atoms with Gasteiger partial charge in [-0.1, -0.05) is 6.07 Å². The molecule has 0 aromatic carbocycles. The standard InChI is InChI=1S/C17H23N7O.HI/c1-18-16(19-10-14-22-21-13-5-2-3-8-24(13)14)23-7-4-6-17(12-23)9-15(25)20-11-17;/h2-3,5,8H,4,6-7,9-12H2,1H3,(H,18,19)(H,20,25);1H. The van der Waals surface area contributed by atoms with Gasteiger partial charge >= 0.3 is 0 Å². The van der Waals surface area contributed by atoms with Gasteiger partial charge in [-0.15, -0.1) is 34.2 Å². The maximum atomic E-state index is 11.7. The number of likely N-dealkylation sites (tertiary alicyclic amines) is 1. The molecule has 2 fully saturated rings. The highest BCUT2D eigenvalue weighted by molar-refractivity contribution is 14.0. The lowest BCUT2D eigenvalue weighted by Crippen LogP contribution is -2.51. The first kappa shape index (κ1) is 18.9. The zero-order valence-corrected chi connectivity index (χ0v) is 17.1. The lowest BCUT2D eigenvalue weighted by molar-refractivity contribution is -0.119. The van der Waals surface area contributed by atoms with Crippen LogP contribution in [0.25, 0.3) is 5.65 Å². The second-order valence-corrected chi connectivity index (χ2v) is 6.92. The van der Waals surface area contributed by atoms with Crippen LogP contribution in [0.5, 0.6) is 0 Å². The van der Waals surface area contributed by atoms with E-state index in [2.05, 4.69) is 30.7 Å². The smallest absolute Gasteiger partial charge is 0.220 e. The zero-order valence-electron chi connectivity index (χ0n) is 14.8. The summed E-state index contributed by atoms with van der Waals surface area (Å²) in [4.78, 5) is 18.4. The van der Waals surface area contributed by atoms with Crippen LogP contribution in [0.2, 0.25) is 0 Å². The molecule has 0 saturated carbocycles. The van der Waals surface area contributed by atoms with Gasteiger partial charge in [-0.25, -0.2) is 0 Å². The Morgan fingerprint density at radius 2 is 2.31 bits per heavy atom. The van der Waals surface area contributed by atoms with Crippen molar-refractivity contribution in [1.82, 2.24) is 30.1 Å². The fourth-order valence-electron chi connectivity index (χ4n) is 3.93. The topological polar surface area (TPSA) is 86.9 Å². The lowest BCUT2D eigenvalue weighted by Gasteiger charge is -2.40. The van der Waals surface area contributed by atoms with E-state index in [1.54, 1.807) is 7.05 Å². The summed E-state index contributed by atoms with van der Waals surface area (Å²) in [5.74, 6) is 1.87. The van der Waals surface area contributed by atoms with Gasteiger partial charge in [0.25, 0.3) is 0 Å². The number of rotatable bonds is 2. The van der Waals surface area contributed by atoms with Crippen molar-refractivity contribution in [3.63, 3.8) is 0 Å². The van der Waals surface area contributed by atoms with Crippen molar-refractivity contribution in [3.05, 3.63) is 30.2 Å². The molecule has 140 valence electrons. The van der Waals surface area contributed by atoms with Gasteiger partial charge in [0.1, 0.15) is 0 Å². The van der Waals surface area contributed by atoms with Gasteiger partial charge < -0.3 is 15.5 Å². The van der Waals surface area contributed by atoms with Gasteiger partial charge in [0.2, 0.25) is 5.91 Å². The van der Waals surface area contributed by atoms with E-state index in [1.165, 1.54) is 0 Å². The molecule has 2 aliphatic rings. The van der Waals surface area contributed by atoms with E-state index in [0.29, 0.717) is 13.0 Å².